The fraction of sp³-hybridized carbons (Fsp3) is 0.303. The van der Waals surface area contributed by atoms with Crippen molar-refractivity contribution in [3.63, 3.8) is 0 Å². The van der Waals surface area contributed by atoms with Gasteiger partial charge in [-0.1, -0.05) is 0 Å². The third kappa shape index (κ3) is 9.45. The molecule has 0 aliphatic heterocycles. The quantitative estimate of drug-likeness (QED) is 0.0712. The van der Waals surface area contributed by atoms with Gasteiger partial charge in [-0.2, -0.15) is 0 Å². The van der Waals surface area contributed by atoms with Crippen molar-refractivity contribution in [3.8, 4) is 0 Å². The van der Waals surface area contributed by atoms with Crippen LogP contribution in [-0.2, 0) is 21.1 Å². The summed E-state index contributed by atoms with van der Waals surface area (Å²) in [6, 6.07) is 11.8. The number of anilines is 4. The molecule has 14 nitrogen and oxygen atoms in total. The molecule has 0 saturated carbocycles. The Morgan fingerprint density at radius 2 is 1.14 bits per heavy atom. The number of halogens is 2. The number of nitrogens with zero attached hydrogens (tertiary/aromatic N) is 5. The van der Waals surface area contributed by atoms with Gasteiger partial charge >= 0.3 is 0 Å². The molecule has 0 aliphatic carbocycles. The minimum Gasteiger partial charge on any atom is -0.387 e. The summed E-state index contributed by atoms with van der Waals surface area (Å²) in [6.07, 6.45) is 5.29. The Bertz CT molecular complexity index is 1840. The lowest BCUT2D eigenvalue weighted by Crippen LogP contribution is -2.29. The normalized spacial score (nSPS) is 11.3. The Morgan fingerprint density at radius 3 is 1.57 bits per heavy atom. The molecule has 0 aliphatic rings. The van der Waals surface area contributed by atoms with Crippen molar-refractivity contribution in [1.29, 1.82) is 0 Å². The molecule has 260 valence electrons. The number of alkyl halides is 2. The summed E-state index contributed by atoms with van der Waals surface area (Å²) in [7, 11) is 6.65. The molecule has 16 heteroatoms. The van der Waals surface area contributed by atoms with Gasteiger partial charge < -0.3 is 45.6 Å². The Morgan fingerprint density at radius 1 is 0.714 bits per heavy atom. The van der Waals surface area contributed by atoms with E-state index < -0.39 is 11.8 Å². The number of hydrogen-bond donors (Lipinski definition) is 5. The van der Waals surface area contributed by atoms with E-state index in [0.717, 1.165) is 5.69 Å². The zero-order valence-corrected chi connectivity index (χ0v) is 29.2. The molecule has 0 fully saturated rings. The molecule has 49 heavy (non-hydrogen) atoms. The van der Waals surface area contributed by atoms with Crippen LogP contribution in [0.5, 0.6) is 0 Å². The van der Waals surface area contributed by atoms with Crippen molar-refractivity contribution in [2.45, 2.75) is 6.42 Å². The molecular weight excluding hydrogens is 671 g/mol. The molecule has 1 aromatic carbocycles. The van der Waals surface area contributed by atoms with Crippen molar-refractivity contribution >= 4 is 75.4 Å². The van der Waals surface area contributed by atoms with Crippen molar-refractivity contribution in [2.75, 3.05) is 59.3 Å². The minimum absolute atomic E-state index is 0.277. The van der Waals surface area contributed by atoms with Gasteiger partial charge in [0.25, 0.3) is 23.6 Å². The number of hydrogen-bond acceptors (Lipinski definition) is 6. The van der Waals surface area contributed by atoms with Crippen LogP contribution in [0.3, 0.4) is 0 Å². The second-order valence-electron chi connectivity index (χ2n) is 11.2. The lowest BCUT2D eigenvalue weighted by Gasteiger charge is -2.22. The molecule has 4 rings (SSSR count). The first-order valence-electron chi connectivity index (χ1n) is 15.3. The van der Waals surface area contributed by atoms with Gasteiger partial charge in [0, 0.05) is 95.8 Å². The third-order valence-corrected chi connectivity index (χ3v) is 7.98. The van der Waals surface area contributed by atoms with Crippen LogP contribution in [0.1, 0.15) is 48.2 Å². The van der Waals surface area contributed by atoms with Gasteiger partial charge in [0.15, 0.2) is 0 Å². The van der Waals surface area contributed by atoms with Gasteiger partial charge in [-0.25, -0.2) is 0 Å². The first kappa shape index (κ1) is 36.6. The van der Waals surface area contributed by atoms with E-state index in [1.54, 1.807) is 90.8 Å². The van der Waals surface area contributed by atoms with Crippen LogP contribution in [0.2, 0.25) is 0 Å². The summed E-state index contributed by atoms with van der Waals surface area (Å²) in [5.41, 5.74) is 9.21. The zero-order valence-electron chi connectivity index (χ0n) is 27.7. The SMILES string of the molecule is CN=C(N)CCNC(=O)c1cc(NC(=O)c2cc(NC(=O)c3cc(NC(=O)c4ccc(N(CCCl)CCCl)cc4)cn3C)cn2C)cn1C. The summed E-state index contributed by atoms with van der Waals surface area (Å²) in [5.74, 6) is -0.179. The minimum atomic E-state index is -0.436. The van der Waals surface area contributed by atoms with Crippen LogP contribution >= 0.6 is 23.2 Å². The van der Waals surface area contributed by atoms with E-state index in [0.29, 0.717) is 72.0 Å². The zero-order chi connectivity index (χ0) is 35.7. The van der Waals surface area contributed by atoms with Crippen molar-refractivity contribution in [2.24, 2.45) is 31.9 Å². The van der Waals surface area contributed by atoms with Gasteiger partial charge in [-0.3, -0.25) is 24.2 Å². The summed E-state index contributed by atoms with van der Waals surface area (Å²) in [5, 5.41) is 11.2. The van der Waals surface area contributed by atoms with E-state index in [-0.39, 0.29) is 23.2 Å². The van der Waals surface area contributed by atoms with Crippen LogP contribution in [0.15, 0.2) is 66.0 Å². The van der Waals surface area contributed by atoms with Crippen LogP contribution in [-0.4, -0.2) is 81.6 Å². The van der Waals surface area contributed by atoms with E-state index in [1.807, 2.05) is 17.0 Å². The van der Waals surface area contributed by atoms with Gasteiger partial charge in [0.2, 0.25) is 0 Å². The Kier molecular flexibility index (Phi) is 12.5. The number of amidine groups is 1. The van der Waals surface area contributed by atoms with Crippen LogP contribution < -0.4 is 31.9 Å². The van der Waals surface area contributed by atoms with E-state index in [9.17, 15) is 19.2 Å². The number of amides is 4. The molecule has 6 N–H and O–H groups in total. The Hall–Kier alpha value is -5.21. The molecule has 3 aromatic heterocycles. The number of benzene rings is 1. The van der Waals surface area contributed by atoms with Gasteiger partial charge in [0.1, 0.15) is 17.1 Å². The Labute approximate surface area is 294 Å². The number of carbonyl (C=O) groups is 4. The Balaban J connectivity index is 1.36. The number of aromatic nitrogens is 3. The first-order valence-corrected chi connectivity index (χ1v) is 16.4. The number of aryl methyl sites for hydroxylation is 3. The average Bonchev–Trinajstić information content (AvgIpc) is 3.75. The molecule has 0 spiro atoms. The van der Waals surface area contributed by atoms with E-state index in [1.165, 1.54) is 0 Å². The lowest BCUT2D eigenvalue weighted by atomic mass is 10.1. The summed E-state index contributed by atoms with van der Waals surface area (Å²) < 4.78 is 4.77. The fourth-order valence-corrected chi connectivity index (χ4v) is 5.48. The maximum absolute atomic E-state index is 13.2. The van der Waals surface area contributed by atoms with Gasteiger partial charge in [-0.05, 0) is 42.5 Å². The standard InChI is InChI=1S/C33H40Cl2N10O4/c1-37-29(36)9-12-38-31(47)26-15-23(19-42(26)2)40-33(49)28-17-24(20-44(28)4)41-32(48)27-16-22(18-43(27)3)39-30(46)21-5-7-25(8-6-21)45(13-10-34)14-11-35/h5-8,15-20H,9-14H2,1-4H3,(H2,36,37)(H,38,47)(H,39,46)(H,40,49)(H,41,48). The highest BCUT2D eigenvalue weighted by Gasteiger charge is 2.19. The number of rotatable bonds is 15. The molecule has 0 saturated heterocycles. The fourth-order valence-electron chi connectivity index (χ4n) is 5.07. The van der Waals surface area contributed by atoms with Gasteiger partial charge in [-0.15, -0.1) is 23.2 Å². The molecule has 4 amide bonds. The highest BCUT2D eigenvalue weighted by molar-refractivity contribution is 6.18. The molecule has 0 radical (unpaired) electrons. The molecule has 3 heterocycles. The van der Waals surface area contributed by atoms with Crippen molar-refractivity contribution in [3.05, 3.63) is 83.7 Å². The lowest BCUT2D eigenvalue weighted by molar-refractivity contribution is 0.0944. The molecule has 4 aromatic rings. The largest absolute Gasteiger partial charge is 0.387 e. The smallest absolute Gasteiger partial charge is 0.272 e. The average molecular weight is 712 g/mol. The van der Waals surface area contributed by atoms with Gasteiger partial charge in [0.05, 0.1) is 22.9 Å². The monoisotopic (exact) mass is 710 g/mol. The van der Waals surface area contributed by atoms with Crippen LogP contribution in [0.25, 0.3) is 0 Å². The summed E-state index contributed by atoms with van der Waals surface area (Å²) in [6.45, 7) is 1.59. The predicted molar refractivity (Wildman–Crippen MR) is 195 cm³/mol. The van der Waals surface area contributed by atoms with E-state index in [2.05, 4.69) is 26.3 Å². The first-order chi connectivity index (χ1) is 23.4. The molecule has 0 atom stereocenters. The van der Waals surface area contributed by atoms with E-state index >= 15 is 0 Å². The number of nitrogens with two attached hydrogens (primary N) is 1. The maximum atomic E-state index is 13.2. The van der Waals surface area contributed by atoms with Crippen molar-refractivity contribution < 1.29 is 19.2 Å². The second kappa shape index (κ2) is 16.8. The van der Waals surface area contributed by atoms with Crippen LogP contribution in [0, 0.1) is 0 Å². The summed E-state index contributed by atoms with van der Waals surface area (Å²) >= 11 is 11.8. The predicted octanol–water partition coefficient (Wildman–Crippen LogP) is 3.85. The summed E-state index contributed by atoms with van der Waals surface area (Å²) in [4.78, 5) is 57.8. The van der Waals surface area contributed by atoms with Crippen molar-refractivity contribution in [1.82, 2.24) is 19.0 Å². The van der Waals surface area contributed by atoms with Crippen LogP contribution in [0.4, 0.5) is 22.7 Å². The van der Waals surface area contributed by atoms with E-state index in [4.69, 9.17) is 28.9 Å². The maximum Gasteiger partial charge on any atom is 0.272 e. The highest BCUT2D eigenvalue weighted by atomic mass is 35.5. The molecular formula is C33H40Cl2N10O4. The number of carbonyl (C=O) groups excluding carboxylic acids is 4. The topological polar surface area (TPSA) is 173 Å². The molecule has 0 bridgehead atoms. The molecule has 0 unspecified atom stereocenters. The third-order valence-electron chi connectivity index (χ3n) is 7.64. The highest BCUT2D eigenvalue weighted by Crippen LogP contribution is 2.21. The second-order valence-corrected chi connectivity index (χ2v) is 11.9. The number of nitrogens with one attached hydrogen (secondary N) is 4. The number of aliphatic imine (C=N–C) groups is 1.